The lowest BCUT2D eigenvalue weighted by molar-refractivity contribution is -0.386. The van der Waals surface area contributed by atoms with Gasteiger partial charge in [0.25, 0.3) is 5.69 Å². The van der Waals surface area contributed by atoms with Crippen LogP contribution in [0.2, 0.25) is 0 Å². The summed E-state index contributed by atoms with van der Waals surface area (Å²) in [6.45, 7) is 1.71. The number of rotatable bonds is 7. The van der Waals surface area contributed by atoms with Gasteiger partial charge in [0.05, 0.1) is 16.6 Å². The Morgan fingerprint density at radius 3 is 2.52 bits per heavy atom. The molecule has 0 radical (unpaired) electrons. The zero-order valence-corrected chi connectivity index (χ0v) is 14.5. The van der Waals surface area contributed by atoms with Crippen LogP contribution >= 0.6 is 0 Å². The van der Waals surface area contributed by atoms with Gasteiger partial charge in [-0.15, -0.1) is 0 Å². The molecule has 0 amide bonds. The van der Waals surface area contributed by atoms with Gasteiger partial charge in [-0.25, -0.2) is 0 Å². The van der Waals surface area contributed by atoms with Crippen LogP contribution in [-0.4, -0.2) is 28.8 Å². The smallest absolute Gasteiger partial charge is 0.320 e. The molecule has 0 spiro atoms. The third-order valence-corrected chi connectivity index (χ3v) is 4.17. The molecular weight excluding hydrogens is 356 g/mol. The molecule has 142 valence electrons. The predicted octanol–water partition coefficient (Wildman–Crippen LogP) is 2.42. The zero-order chi connectivity index (χ0) is 19.6. The van der Waals surface area contributed by atoms with Crippen molar-refractivity contribution in [1.82, 2.24) is 0 Å². The number of carboxylic acid groups (broad SMARTS) is 1. The van der Waals surface area contributed by atoms with Gasteiger partial charge in [0.1, 0.15) is 17.9 Å². The highest BCUT2D eigenvalue weighted by Gasteiger charge is 2.27. The van der Waals surface area contributed by atoms with Gasteiger partial charge in [-0.1, -0.05) is 12.1 Å². The van der Waals surface area contributed by atoms with Crippen LogP contribution in [0, 0.1) is 10.1 Å². The van der Waals surface area contributed by atoms with Crippen LogP contribution in [0.4, 0.5) is 5.69 Å². The fraction of sp³-hybridized carbons (Fsp3) is 0.278. The van der Waals surface area contributed by atoms with Gasteiger partial charge >= 0.3 is 5.97 Å². The lowest BCUT2D eigenvalue weighted by atomic mass is 10.1. The molecule has 2 aromatic rings. The third-order valence-electron chi connectivity index (χ3n) is 4.17. The second kappa shape index (κ2) is 7.50. The maximum absolute atomic E-state index is 11.4. The highest BCUT2D eigenvalue weighted by atomic mass is 16.7. The number of nitro benzene ring substituents is 1. The number of hydrogen-bond acceptors (Lipinski definition) is 7. The number of nitro groups is 1. The van der Waals surface area contributed by atoms with E-state index >= 15 is 0 Å². The molecule has 0 aliphatic carbocycles. The minimum Gasteiger partial charge on any atom is -0.486 e. The molecule has 2 aromatic carbocycles. The van der Waals surface area contributed by atoms with Gasteiger partial charge in [-0.05, 0) is 37.1 Å². The number of benzene rings is 2. The number of hydrogen-bond donors (Lipinski definition) is 2. The Morgan fingerprint density at radius 2 is 1.93 bits per heavy atom. The molecule has 3 N–H and O–H groups in total. The van der Waals surface area contributed by atoms with Crippen molar-refractivity contribution < 1.29 is 29.0 Å². The molecule has 27 heavy (non-hydrogen) atoms. The fourth-order valence-electron chi connectivity index (χ4n) is 2.74. The molecule has 0 saturated carbocycles. The van der Waals surface area contributed by atoms with E-state index in [-0.39, 0.29) is 18.9 Å². The van der Waals surface area contributed by atoms with Gasteiger partial charge in [0.15, 0.2) is 11.5 Å². The third kappa shape index (κ3) is 4.09. The van der Waals surface area contributed by atoms with Crippen molar-refractivity contribution in [3.63, 3.8) is 0 Å². The van der Waals surface area contributed by atoms with E-state index in [0.29, 0.717) is 22.8 Å². The van der Waals surface area contributed by atoms with E-state index in [2.05, 4.69) is 0 Å². The van der Waals surface area contributed by atoms with E-state index in [9.17, 15) is 14.9 Å². The van der Waals surface area contributed by atoms with Gasteiger partial charge in [0, 0.05) is 0 Å². The highest BCUT2D eigenvalue weighted by molar-refractivity contribution is 5.73. The standard InChI is InChI=1S/C18H18N2O7/c1-10(13-7-16-17(26-9-25-16)8-15(13)20(23)24)27-12-4-2-11(3-5-12)6-14(19)18(21)22/h2-5,7-8,10,14H,6,9,19H2,1H3,(H,21,22)/t10?,14-/m0/s1. The van der Waals surface area contributed by atoms with Crippen molar-refractivity contribution in [2.24, 2.45) is 5.73 Å². The molecular formula is C18H18N2O7. The molecule has 1 unspecified atom stereocenters. The lowest BCUT2D eigenvalue weighted by Crippen LogP contribution is -2.32. The summed E-state index contributed by atoms with van der Waals surface area (Å²) in [7, 11) is 0. The SMILES string of the molecule is CC(Oc1ccc(C[C@H](N)C(=O)O)cc1)c1cc2c(cc1[N+](=O)[O-])OCO2. The Balaban J connectivity index is 1.76. The van der Waals surface area contributed by atoms with E-state index in [4.69, 9.17) is 25.1 Å². The molecule has 0 aromatic heterocycles. The lowest BCUT2D eigenvalue weighted by Gasteiger charge is -2.16. The molecule has 2 atom stereocenters. The molecule has 0 saturated heterocycles. The number of fused-ring (bicyclic) bond motifs is 1. The van der Waals surface area contributed by atoms with E-state index in [1.54, 1.807) is 37.3 Å². The summed E-state index contributed by atoms with van der Waals surface area (Å²) in [5.74, 6) is 0.182. The van der Waals surface area contributed by atoms with Crippen molar-refractivity contribution in [2.45, 2.75) is 25.5 Å². The average Bonchev–Trinajstić information content (AvgIpc) is 3.09. The molecule has 1 aliphatic rings. The normalized spacial score (nSPS) is 14.4. The summed E-state index contributed by atoms with van der Waals surface area (Å²) in [5.41, 5.74) is 6.51. The first-order chi connectivity index (χ1) is 12.8. The monoisotopic (exact) mass is 374 g/mol. The molecule has 0 fully saturated rings. The maximum Gasteiger partial charge on any atom is 0.320 e. The second-order valence-electron chi connectivity index (χ2n) is 6.07. The largest absolute Gasteiger partial charge is 0.486 e. The topological polar surface area (TPSA) is 134 Å². The predicted molar refractivity (Wildman–Crippen MR) is 94.0 cm³/mol. The molecule has 3 rings (SSSR count). The first-order valence-electron chi connectivity index (χ1n) is 8.17. The summed E-state index contributed by atoms with van der Waals surface area (Å²) < 4.78 is 16.3. The number of carbonyl (C=O) groups is 1. The first kappa shape index (κ1) is 18.5. The molecule has 9 heteroatoms. The quantitative estimate of drug-likeness (QED) is 0.557. The van der Waals surface area contributed by atoms with E-state index in [1.165, 1.54) is 6.07 Å². The first-order valence-corrected chi connectivity index (χ1v) is 8.17. The summed E-state index contributed by atoms with van der Waals surface area (Å²) in [6, 6.07) is 8.64. The zero-order valence-electron chi connectivity index (χ0n) is 14.5. The van der Waals surface area contributed by atoms with Gasteiger partial charge in [-0.3, -0.25) is 14.9 Å². The Hall–Kier alpha value is -3.33. The van der Waals surface area contributed by atoms with E-state index in [1.807, 2.05) is 0 Å². The molecule has 9 nitrogen and oxygen atoms in total. The van der Waals surface area contributed by atoms with Gasteiger partial charge < -0.3 is 25.1 Å². The summed E-state index contributed by atoms with van der Waals surface area (Å²) in [4.78, 5) is 21.7. The number of nitrogens with zero attached hydrogens (tertiary/aromatic N) is 1. The average molecular weight is 374 g/mol. The van der Waals surface area contributed by atoms with Crippen LogP contribution in [0.5, 0.6) is 17.2 Å². The summed E-state index contributed by atoms with van der Waals surface area (Å²) in [5, 5.41) is 20.2. The van der Waals surface area contributed by atoms with Crippen molar-refractivity contribution >= 4 is 11.7 Å². The number of nitrogens with two attached hydrogens (primary N) is 1. The number of aliphatic carboxylic acids is 1. The van der Waals surface area contributed by atoms with E-state index < -0.39 is 23.0 Å². The minimum absolute atomic E-state index is 0.0190. The minimum atomic E-state index is -1.07. The second-order valence-corrected chi connectivity index (χ2v) is 6.07. The Kier molecular flexibility index (Phi) is 5.13. The fourth-order valence-corrected chi connectivity index (χ4v) is 2.74. The number of ether oxygens (including phenoxy) is 3. The summed E-state index contributed by atoms with van der Waals surface area (Å²) >= 11 is 0. The molecule has 1 aliphatic heterocycles. The van der Waals surface area contributed by atoms with Crippen molar-refractivity contribution in [3.05, 3.63) is 57.6 Å². The van der Waals surface area contributed by atoms with Gasteiger partial charge in [0.2, 0.25) is 6.79 Å². The van der Waals surface area contributed by atoms with Crippen LogP contribution in [0.15, 0.2) is 36.4 Å². The van der Waals surface area contributed by atoms with E-state index in [0.717, 1.165) is 5.56 Å². The van der Waals surface area contributed by atoms with Crippen LogP contribution in [0.3, 0.4) is 0 Å². The van der Waals surface area contributed by atoms with Crippen LogP contribution in [0.25, 0.3) is 0 Å². The van der Waals surface area contributed by atoms with Crippen molar-refractivity contribution in [3.8, 4) is 17.2 Å². The number of carboxylic acids is 1. The maximum atomic E-state index is 11.4. The van der Waals surface area contributed by atoms with Crippen LogP contribution in [0.1, 0.15) is 24.2 Å². The summed E-state index contributed by atoms with van der Waals surface area (Å²) in [6.07, 6.45) is -0.425. The van der Waals surface area contributed by atoms with Crippen molar-refractivity contribution in [1.29, 1.82) is 0 Å². The van der Waals surface area contributed by atoms with Crippen molar-refractivity contribution in [2.75, 3.05) is 6.79 Å². The van der Waals surface area contributed by atoms with Gasteiger partial charge in [-0.2, -0.15) is 0 Å². The van der Waals surface area contributed by atoms with Crippen LogP contribution < -0.4 is 19.9 Å². The Morgan fingerprint density at radius 1 is 1.30 bits per heavy atom. The Bertz CT molecular complexity index is 867. The Labute approximate surface area is 154 Å². The molecule has 0 bridgehead atoms. The molecule has 1 heterocycles. The highest BCUT2D eigenvalue weighted by Crippen LogP contribution is 2.41. The van der Waals surface area contributed by atoms with Crippen LogP contribution in [-0.2, 0) is 11.2 Å².